The molecule has 1 aromatic heterocycles. The molecule has 0 spiro atoms. The molecule has 0 radical (unpaired) electrons. The van der Waals surface area contributed by atoms with Crippen molar-refractivity contribution in [1.82, 2.24) is 15.5 Å². The SMILES string of the molecule is Brc1ccc(Nc2cc3c(nn2)CCNC3)cc1. The maximum absolute atomic E-state index is 4.27. The van der Waals surface area contributed by atoms with Gasteiger partial charge >= 0.3 is 0 Å². The molecule has 0 saturated heterocycles. The van der Waals surface area contributed by atoms with Gasteiger partial charge in [0.1, 0.15) is 0 Å². The molecular weight excluding hydrogens is 292 g/mol. The fourth-order valence-corrected chi connectivity index (χ4v) is 2.26. The minimum Gasteiger partial charge on any atom is -0.339 e. The second kappa shape index (κ2) is 5.04. The van der Waals surface area contributed by atoms with Crippen LogP contribution in [0, 0.1) is 0 Å². The van der Waals surface area contributed by atoms with Crippen LogP contribution in [0.4, 0.5) is 11.5 Å². The van der Waals surface area contributed by atoms with Gasteiger partial charge in [0.25, 0.3) is 0 Å². The van der Waals surface area contributed by atoms with Gasteiger partial charge in [-0.3, -0.25) is 0 Å². The number of aromatic nitrogens is 2. The standard InChI is InChI=1S/C13H13BrN4/c14-10-1-3-11(4-2-10)16-13-7-9-8-15-6-5-12(9)17-18-13/h1-4,7,15H,5-6,8H2,(H,16,18). The van der Waals surface area contributed by atoms with E-state index in [1.54, 1.807) is 0 Å². The van der Waals surface area contributed by atoms with Crippen molar-refractivity contribution in [3.05, 3.63) is 46.1 Å². The Kier molecular flexibility index (Phi) is 3.25. The molecule has 2 N–H and O–H groups in total. The van der Waals surface area contributed by atoms with E-state index in [4.69, 9.17) is 0 Å². The third kappa shape index (κ3) is 2.52. The maximum Gasteiger partial charge on any atom is 0.153 e. The Morgan fingerprint density at radius 1 is 1.17 bits per heavy atom. The molecule has 1 aliphatic rings. The van der Waals surface area contributed by atoms with E-state index in [1.165, 1.54) is 5.56 Å². The highest BCUT2D eigenvalue weighted by molar-refractivity contribution is 9.10. The topological polar surface area (TPSA) is 49.8 Å². The monoisotopic (exact) mass is 304 g/mol. The summed E-state index contributed by atoms with van der Waals surface area (Å²) in [6.45, 7) is 1.86. The molecule has 0 bridgehead atoms. The van der Waals surface area contributed by atoms with Crippen molar-refractivity contribution < 1.29 is 0 Å². The fraction of sp³-hybridized carbons (Fsp3) is 0.231. The first-order chi connectivity index (χ1) is 8.81. The largest absolute Gasteiger partial charge is 0.339 e. The highest BCUT2D eigenvalue weighted by Crippen LogP contribution is 2.20. The van der Waals surface area contributed by atoms with Gasteiger partial charge in [0.2, 0.25) is 0 Å². The van der Waals surface area contributed by atoms with E-state index in [0.29, 0.717) is 0 Å². The smallest absolute Gasteiger partial charge is 0.153 e. The molecule has 1 aromatic carbocycles. The second-order valence-corrected chi connectivity index (χ2v) is 5.18. The molecule has 2 heterocycles. The van der Waals surface area contributed by atoms with Crippen molar-refractivity contribution >= 4 is 27.4 Å². The lowest BCUT2D eigenvalue weighted by Gasteiger charge is -2.16. The number of rotatable bonds is 2. The molecule has 0 amide bonds. The summed E-state index contributed by atoms with van der Waals surface area (Å²) in [7, 11) is 0. The van der Waals surface area contributed by atoms with Gasteiger partial charge in [-0.05, 0) is 35.9 Å². The van der Waals surface area contributed by atoms with Crippen LogP contribution >= 0.6 is 15.9 Å². The van der Waals surface area contributed by atoms with Crippen LogP contribution in [0.2, 0.25) is 0 Å². The molecular formula is C13H13BrN4. The number of hydrogen-bond acceptors (Lipinski definition) is 4. The van der Waals surface area contributed by atoms with Gasteiger partial charge in [-0.1, -0.05) is 15.9 Å². The lowest BCUT2D eigenvalue weighted by atomic mass is 10.1. The zero-order valence-electron chi connectivity index (χ0n) is 9.78. The zero-order valence-corrected chi connectivity index (χ0v) is 11.4. The van der Waals surface area contributed by atoms with E-state index in [2.05, 4.69) is 42.8 Å². The van der Waals surface area contributed by atoms with Crippen LogP contribution in [-0.2, 0) is 13.0 Å². The summed E-state index contributed by atoms with van der Waals surface area (Å²) in [5.41, 5.74) is 3.35. The molecule has 18 heavy (non-hydrogen) atoms. The first kappa shape index (κ1) is 11.6. The number of hydrogen-bond donors (Lipinski definition) is 2. The Morgan fingerprint density at radius 2 is 2.00 bits per heavy atom. The van der Waals surface area contributed by atoms with Gasteiger partial charge in [0, 0.05) is 29.7 Å². The number of halogens is 1. The number of fused-ring (bicyclic) bond motifs is 1. The predicted octanol–water partition coefficient (Wildman–Crippen LogP) is 2.63. The van der Waals surface area contributed by atoms with E-state index in [0.717, 1.165) is 41.2 Å². The predicted molar refractivity (Wildman–Crippen MR) is 74.9 cm³/mol. The lowest BCUT2D eigenvalue weighted by molar-refractivity contribution is 0.621. The first-order valence-corrected chi connectivity index (χ1v) is 6.69. The molecule has 0 saturated carbocycles. The molecule has 5 heteroatoms. The molecule has 92 valence electrons. The van der Waals surface area contributed by atoms with Gasteiger partial charge in [-0.15, -0.1) is 5.10 Å². The molecule has 3 rings (SSSR count). The number of nitrogens with zero attached hydrogens (tertiary/aromatic N) is 2. The number of benzene rings is 1. The van der Waals surface area contributed by atoms with Gasteiger partial charge in [0.05, 0.1) is 5.69 Å². The number of anilines is 2. The summed E-state index contributed by atoms with van der Waals surface area (Å²) in [6.07, 6.45) is 0.959. The summed E-state index contributed by atoms with van der Waals surface area (Å²) in [4.78, 5) is 0. The Hall–Kier alpha value is -1.46. The van der Waals surface area contributed by atoms with Crippen molar-refractivity contribution in [1.29, 1.82) is 0 Å². The average Bonchev–Trinajstić information content (AvgIpc) is 2.41. The van der Waals surface area contributed by atoms with Crippen LogP contribution in [-0.4, -0.2) is 16.7 Å². The summed E-state index contributed by atoms with van der Waals surface area (Å²) >= 11 is 3.42. The van der Waals surface area contributed by atoms with Crippen LogP contribution in [0.1, 0.15) is 11.3 Å². The van der Waals surface area contributed by atoms with E-state index in [9.17, 15) is 0 Å². The molecule has 0 atom stereocenters. The number of nitrogens with one attached hydrogen (secondary N) is 2. The van der Waals surface area contributed by atoms with Crippen molar-refractivity contribution in [2.45, 2.75) is 13.0 Å². The third-order valence-corrected chi connectivity index (χ3v) is 3.46. The second-order valence-electron chi connectivity index (χ2n) is 4.26. The average molecular weight is 305 g/mol. The summed E-state index contributed by atoms with van der Waals surface area (Å²) < 4.78 is 1.06. The van der Waals surface area contributed by atoms with Gasteiger partial charge < -0.3 is 10.6 Å². The molecule has 0 unspecified atom stereocenters. The fourth-order valence-electron chi connectivity index (χ4n) is 1.99. The first-order valence-electron chi connectivity index (χ1n) is 5.90. The summed E-state index contributed by atoms with van der Waals surface area (Å²) in [5, 5.41) is 15.1. The van der Waals surface area contributed by atoms with E-state index in [1.807, 2.05) is 24.3 Å². The van der Waals surface area contributed by atoms with E-state index < -0.39 is 0 Å². The molecule has 2 aromatic rings. The summed E-state index contributed by atoms with van der Waals surface area (Å²) in [5.74, 6) is 0.791. The van der Waals surface area contributed by atoms with Crippen molar-refractivity contribution in [2.24, 2.45) is 0 Å². The lowest BCUT2D eigenvalue weighted by Crippen LogP contribution is -2.25. The highest BCUT2D eigenvalue weighted by Gasteiger charge is 2.11. The van der Waals surface area contributed by atoms with Crippen LogP contribution in [0.3, 0.4) is 0 Å². The van der Waals surface area contributed by atoms with Crippen LogP contribution in [0.15, 0.2) is 34.8 Å². The van der Waals surface area contributed by atoms with Crippen LogP contribution in [0.25, 0.3) is 0 Å². The van der Waals surface area contributed by atoms with Crippen molar-refractivity contribution in [3.63, 3.8) is 0 Å². The van der Waals surface area contributed by atoms with Gasteiger partial charge in [-0.25, -0.2) is 0 Å². The minimum absolute atomic E-state index is 0.791. The third-order valence-electron chi connectivity index (χ3n) is 2.93. The van der Waals surface area contributed by atoms with Crippen LogP contribution < -0.4 is 10.6 Å². The normalized spacial score (nSPS) is 14.1. The highest BCUT2D eigenvalue weighted by atomic mass is 79.9. The van der Waals surface area contributed by atoms with E-state index >= 15 is 0 Å². The maximum atomic E-state index is 4.27. The summed E-state index contributed by atoms with van der Waals surface area (Å²) in [6, 6.07) is 10.1. The van der Waals surface area contributed by atoms with Gasteiger partial charge in [-0.2, -0.15) is 5.10 Å². The Morgan fingerprint density at radius 3 is 2.83 bits per heavy atom. The van der Waals surface area contributed by atoms with Gasteiger partial charge in [0.15, 0.2) is 5.82 Å². The Bertz CT molecular complexity index is 553. The van der Waals surface area contributed by atoms with E-state index in [-0.39, 0.29) is 0 Å². The molecule has 1 aliphatic heterocycles. The Balaban J connectivity index is 1.82. The molecule has 0 fully saturated rings. The van der Waals surface area contributed by atoms with Crippen LogP contribution in [0.5, 0.6) is 0 Å². The quantitative estimate of drug-likeness (QED) is 0.895. The molecule has 0 aliphatic carbocycles. The zero-order chi connectivity index (χ0) is 12.4. The van der Waals surface area contributed by atoms with Crippen molar-refractivity contribution in [2.75, 3.05) is 11.9 Å². The minimum atomic E-state index is 0.791. The Labute approximate surface area is 114 Å². The molecule has 4 nitrogen and oxygen atoms in total. The van der Waals surface area contributed by atoms with Crippen molar-refractivity contribution in [3.8, 4) is 0 Å².